The first-order valence-corrected chi connectivity index (χ1v) is 11.2. The smallest absolute Gasteiger partial charge is 0.264 e. The van der Waals surface area contributed by atoms with Crippen LogP contribution in [0.1, 0.15) is 27.0 Å². The van der Waals surface area contributed by atoms with Gasteiger partial charge in [-0.2, -0.15) is 9.57 Å². The molecule has 0 atom stereocenters. The van der Waals surface area contributed by atoms with E-state index in [-0.39, 0.29) is 48.5 Å². The third-order valence-corrected chi connectivity index (χ3v) is 7.57. The number of amides is 2. The van der Waals surface area contributed by atoms with Crippen molar-refractivity contribution in [1.29, 1.82) is 5.26 Å². The zero-order chi connectivity index (χ0) is 21.0. The molecule has 1 aromatic carbocycles. The Kier molecular flexibility index (Phi) is 6.32. The van der Waals surface area contributed by atoms with Crippen LogP contribution in [0.3, 0.4) is 0 Å². The van der Waals surface area contributed by atoms with Crippen LogP contribution < -0.4 is 5.32 Å². The Labute approximate surface area is 173 Å². The fourth-order valence-corrected chi connectivity index (χ4v) is 5.49. The van der Waals surface area contributed by atoms with E-state index in [2.05, 4.69) is 5.32 Å². The Morgan fingerprint density at radius 1 is 1.14 bits per heavy atom. The van der Waals surface area contributed by atoms with E-state index in [4.69, 9.17) is 0 Å². The zero-order valence-corrected chi connectivity index (χ0v) is 17.4. The van der Waals surface area contributed by atoms with Crippen LogP contribution in [-0.2, 0) is 21.4 Å². The maximum Gasteiger partial charge on any atom is 0.264 e. The first-order valence-electron chi connectivity index (χ1n) is 8.94. The molecule has 0 spiro atoms. The van der Waals surface area contributed by atoms with Crippen LogP contribution in [0, 0.1) is 11.3 Å². The number of sulfonamides is 1. The van der Waals surface area contributed by atoms with Crippen LogP contribution in [-0.4, -0.2) is 55.6 Å². The number of nitrogens with one attached hydrogen (secondary N) is 1. The Morgan fingerprint density at radius 3 is 2.48 bits per heavy atom. The summed E-state index contributed by atoms with van der Waals surface area (Å²) in [5.41, 5.74) is 0.108. The van der Waals surface area contributed by atoms with E-state index in [9.17, 15) is 23.3 Å². The van der Waals surface area contributed by atoms with Gasteiger partial charge in [0.1, 0.15) is 6.07 Å². The van der Waals surface area contributed by atoms with Crippen LogP contribution in [0.15, 0.2) is 41.3 Å². The number of piperazine rings is 1. The SMILES string of the molecule is CC(=O)NCc1ccc(C(=O)N2CCN(S(=O)(=O)c3ccccc3C#N)CC2)s1. The van der Waals surface area contributed by atoms with Crippen molar-refractivity contribution in [2.75, 3.05) is 26.2 Å². The molecular weight excluding hydrogens is 412 g/mol. The lowest BCUT2D eigenvalue weighted by molar-refractivity contribution is -0.119. The predicted octanol–water partition coefficient (Wildman–Crippen LogP) is 1.40. The standard InChI is InChI=1S/C19H20N4O4S2/c1-14(24)21-13-16-6-7-17(28-16)19(25)22-8-10-23(11-9-22)29(26,27)18-5-3-2-4-15(18)12-20/h2-7H,8-11,13H2,1H3,(H,21,24). The minimum absolute atomic E-state index is 0.0110. The highest BCUT2D eigenvalue weighted by atomic mass is 32.2. The summed E-state index contributed by atoms with van der Waals surface area (Å²) in [4.78, 5) is 26.8. The summed E-state index contributed by atoms with van der Waals surface area (Å²) in [6, 6.07) is 11.5. The van der Waals surface area contributed by atoms with Crippen LogP contribution >= 0.6 is 11.3 Å². The van der Waals surface area contributed by atoms with E-state index in [0.29, 0.717) is 11.4 Å². The number of benzene rings is 1. The van der Waals surface area contributed by atoms with Gasteiger partial charge in [-0.1, -0.05) is 12.1 Å². The summed E-state index contributed by atoms with van der Waals surface area (Å²) in [6.45, 7) is 2.67. The predicted molar refractivity (Wildman–Crippen MR) is 108 cm³/mol. The molecule has 1 N–H and O–H groups in total. The maximum atomic E-state index is 12.9. The van der Waals surface area contributed by atoms with Gasteiger partial charge in [0.2, 0.25) is 15.9 Å². The maximum absolute atomic E-state index is 12.9. The van der Waals surface area contributed by atoms with Crippen molar-refractivity contribution in [2.45, 2.75) is 18.4 Å². The second-order valence-corrected chi connectivity index (χ2v) is 9.55. The molecule has 2 aromatic rings. The van der Waals surface area contributed by atoms with Crippen LogP contribution in [0.25, 0.3) is 0 Å². The molecule has 1 aromatic heterocycles. The molecule has 29 heavy (non-hydrogen) atoms. The number of nitrogens with zero attached hydrogens (tertiary/aromatic N) is 3. The van der Waals surface area contributed by atoms with Gasteiger partial charge in [0.15, 0.2) is 0 Å². The minimum Gasteiger partial charge on any atom is -0.351 e. The third-order valence-electron chi connectivity index (χ3n) is 4.54. The molecule has 1 aliphatic heterocycles. The van der Waals surface area contributed by atoms with E-state index in [1.165, 1.54) is 34.7 Å². The highest BCUT2D eigenvalue weighted by Crippen LogP contribution is 2.23. The van der Waals surface area contributed by atoms with E-state index >= 15 is 0 Å². The molecule has 0 unspecified atom stereocenters. The topological polar surface area (TPSA) is 111 Å². The van der Waals surface area contributed by atoms with Crippen LogP contribution in [0.2, 0.25) is 0 Å². The van der Waals surface area contributed by atoms with Crippen molar-refractivity contribution in [3.63, 3.8) is 0 Å². The van der Waals surface area contributed by atoms with Crippen molar-refractivity contribution < 1.29 is 18.0 Å². The van der Waals surface area contributed by atoms with Gasteiger partial charge in [-0.05, 0) is 24.3 Å². The Bertz CT molecular complexity index is 1060. The molecule has 1 fully saturated rings. The van der Waals surface area contributed by atoms with Gasteiger partial charge in [-0.25, -0.2) is 8.42 Å². The monoisotopic (exact) mass is 432 g/mol. The van der Waals surface area contributed by atoms with Gasteiger partial charge >= 0.3 is 0 Å². The normalized spacial score (nSPS) is 15.0. The number of hydrogen-bond donors (Lipinski definition) is 1. The van der Waals surface area contributed by atoms with E-state index in [0.717, 1.165) is 4.88 Å². The molecule has 1 saturated heterocycles. The minimum atomic E-state index is -3.79. The highest BCUT2D eigenvalue weighted by molar-refractivity contribution is 7.89. The van der Waals surface area contributed by atoms with Crippen molar-refractivity contribution in [3.8, 4) is 6.07 Å². The van der Waals surface area contributed by atoms with E-state index < -0.39 is 10.0 Å². The zero-order valence-electron chi connectivity index (χ0n) is 15.8. The molecule has 3 rings (SSSR count). The van der Waals surface area contributed by atoms with Gasteiger partial charge in [-0.3, -0.25) is 9.59 Å². The van der Waals surface area contributed by atoms with Gasteiger partial charge in [0.25, 0.3) is 5.91 Å². The molecule has 1 aliphatic rings. The molecule has 0 bridgehead atoms. The van der Waals surface area contributed by atoms with Crippen molar-refractivity contribution in [1.82, 2.24) is 14.5 Å². The molecule has 152 valence electrons. The number of thiophene rings is 1. The van der Waals surface area contributed by atoms with E-state index in [1.54, 1.807) is 29.2 Å². The molecular formula is C19H20N4O4S2. The number of nitriles is 1. The highest BCUT2D eigenvalue weighted by Gasteiger charge is 2.32. The van der Waals surface area contributed by atoms with Crippen molar-refractivity contribution >= 4 is 33.2 Å². The van der Waals surface area contributed by atoms with Gasteiger partial charge in [-0.15, -0.1) is 11.3 Å². The molecule has 2 heterocycles. The van der Waals surface area contributed by atoms with E-state index in [1.807, 2.05) is 6.07 Å². The number of carbonyl (C=O) groups is 2. The van der Waals surface area contributed by atoms with Gasteiger partial charge in [0, 0.05) is 38.0 Å². The Morgan fingerprint density at radius 2 is 1.83 bits per heavy atom. The third kappa shape index (κ3) is 4.64. The molecule has 0 aliphatic carbocycles. The largest absolute Gasteiger partial charge is 0.351 e. The first kappa shape index (κ1) is 21.0. The van der Waals surface area contributed by atoms with Crippen molar-refractivity contribution in [3.05, 3.63) is 51.7 Å². The Balaban J connectivity index is 1.65. The number of hydrogen-bond acceptors (Lipinski definition) is 6. The second-order valence-electron chi connectivity index (χ2n) is 6.48. The average molecular weight is 433 g/mol. The quantitative estimate of drug-likeness (QED) is 0.768. The molecule has 0 saturated carbocycles. The Hall–Kier alpha value is -2.74. The van der Waals surface area contributed by atoms with Gasteiger partial charge < -0.3 is 10.2 Å². The summed E-state index contributed by atoms with van der Waals surface area (Å²) < 4.78 is 27.1. The summed E-state index contributed by atoms with van der Waals surface area (Å²) >= 11 is 1.31. The molecule has 8 nitrogen and oxygen atoms in total. The fourth-order valence-electron chi connectivity index (χ4n) is 3.01. The summed E-state index contributed by atoms with van der Waals surface area (Å²) in [7, 11) is -3.79. The lowest BCUT2D eigenvalue weighted by atomic mass is 10.2. The summed E-state index contributed by atoms with van der Waals surface area (Å²) in [6.07, 6.45) is 0. The summed E-state index contributed by atoms with van der Waals surface area (Å²) in [5, 5.41) is 11.9. The molecule has 0 radical (unpaired) electrons. The average Bonchev–Trinajstić information content (AvgIpc) is 3.21. The van der Waals surface area contributed by atoms with Gasteiger partial charge in [0.05, 0.1) is 21.9 Å². The lowest BCUT2D eigenvalue weighted by Gasteiger charge is -2.33. The van der Waals surface area contributed by atoms with Crippen LogP contribution in [0.5, 0.6) is 0 Å². The van der Waals surface area contributed by atoms with Crippen LogP contribution in [0.4, 0.5) is 0 Å². The first-order chi connectivity index (χ1) is 13.8. The van der Waals surface area contributed by atoms with Crippen molar-refractivity contribution in [2.24, 2.45) is 0 Å². The summed E-state index contributed by atoms with van der Waals surface area (Å²) in [5.74, 6) is -0.292. The lowest BCUT2D eigenvalue weighted by Crippen LogP contribution is -2.50. The molecule has 10 heteroatoms. The second kappa shape index (κ2) is 8.73. The number of rotatable bonds is 5. The number of carbonyl (C=O) groups excluding carboxylic acids is 2. The molecule has 2 amide bonds. The fraction of sp³-hybridized carbons (Fsp3) is 0.316.